The van der Waals surface area contributed by atoms with Crippen LogP contribution in [0.15, 0.2) is 22.8 Å². The zero-order valence-corrected chi connectivity index (χ0v) is 10.6. The normalized spacial score (nSPS) is 18.6. The third-order valence-corrected chi connectivity index (χ3v) is 3.79. The maximum atomic E-state index is 4.30. The van der Waals surface area contributed by atoms with Crippen LogP contribution < -0.4 is 5.32 Å². The molecule has 3 rings (SSSR count). The van der Waals surface area contributed by atoms with E-state index in [1.165, 1.54) is 0 Å². The van der Waals surface area contributed by atoms with Crippen molar-refractivity contribution < 1.29 is 0 Å². The molecule has 16 heavy (non-hydrogen) atoms. The summed E-state index contributed by atoms with van der Waals surface area (Å²) in [4.78, 5) is 0. The van der Waals surface area contributed by atoms with Gasteiger partial charge < -0.3 is 5.32 Å². The molecule has 1 fully saturated rings. The van der Waals surface area contributed by atoms with E-state index in [1.807, 2.05) is 18.3 Å². The molecule has 0 radical (unpaired) electrons. The van der Waals surface area contributed by atoms with Crippen LogP contribution in [0.3, 0.4) is 0 Å². The van der Waals surface area contributed by atoms with Gasteiger partial charge in [0.2, 0.25) is 0 Å². The first-order chi connectivity index (χ1) is 7.75. The first-order valence-electron chi connectivity index (χ1n) is 5.46. The van der Waals surface area contributed by atoms with Gasteiger partial charge in [-0.05, 0) is 47.1 Å². The fraction of sp³-hybridized carbons (Fsp3) is 0.455. The van der Waals surface area contributed by atoms with Crippen LogP contribution in [-0.4, -0.2) is 27.7 Å². The first kappa shape index (κ1) is 10.2. The Labute approximate surface area is 102 Å². The molecule has 4 nitrogen and oxygen atoms in total. The molecule has 1 unspecified atom stereocenters. The molecule has 1 N–H and O–H groups in total. The maximum Gasteiger partial charge on any atom is 0.160 e. The fourth-order valence-electron chi connectivity index (χ4n) is 2.07. The first-order valence-corrected chi connectivity index (χ1v) is 6.26. The highest BCUT2D eigenvalue weighted by Gasteiger charge is 2.27. The van der Waals surface area contributed by atoms with E-state index in [0.29, 0.717) is 11.8 Å². The van der Waals surface area contributed by atoms with Gasteiger partial charge in [-0.1, -0.05) is 6.92 Å². The molecule has 1 aliphatic rings. The highest BCUT2D eigenvalue weighted by molar-refractivity contribution is 9.10. The summed E-state index contributed by atoms with van der Waals surface area (Å²) in [5.41, 5.74) is 0.914. The molecule has 1 atom stereocenters. The monoisotopic (exact) mass is 280 g/mol. The lowest BCUT2D eigenvalue weighted by Gasteiger charge is -2.31. The number of aromatic nitrogens is 3. The van der Waals surface area contributed by atoms with E-state index in [4.69, 9.17) is 0 Å². The van der Waals surface area contributed by atoms with Gasteiger partial charge in [-0.3, -0.25) is 4.40 Å². The van der Waals surface area contributed by atoms with Gasteiger partial charge in [0, 0.05) is 16.6 Å². The summed E-state index contributed by atoms with van der Waals surface area (Å²) in [7, 11) is 0. The summed E-state index contributed by atoms with van der Waals surface area (Å²) in [6.07, 6.45) is 2.03. The highest BCUT2D eigenvalue weighted by atomic mass is 79.9. The molecule has 0 bridgehead atoms. The van der Waals surface area contributed by atoms with Gasteiger partial charge in [0.15, 0.2) is 5.65 Å². The van der Waals surface area contributed by atoms with E-state index >= 15 is 0 Å². The molecule has 0 spiro atoms. The Morgan fingerprint density at radius 2 is 2.25 bits per heavy atom. The topological polar surface area (TPSA) is 42.2 Å². The van der Waals surface area contributed by atoms with Crippen molar-refractivity contribution in [2.45, 2.75) is 12.8 Å². The number of halogens is 1. The Balaban J connectivity index is 2.05. The van der Waals surface area contributed by atoms with E-state index in [9.17, 15) is 0 Å². The molecule has 3 heterocycles. The largest absolute Gasteiger partial charge is 0.316 e. The lowest BCUT2D eigenvalue weighted by Crippen LogP contribution is -2.45. The van der Waals surface area contributed by atoms with Crippen molar-refractivity contribution in [3.63, 3.8) is 0 Å². The van der Waals surface area contributed by atoms with E-state index in [2.05, 4.69) is 42.8 Å². The number of hydrogen-bond donors (Lipinski definition) is 1. The summed E-state index contributed by atoms with van der Waals surface area (Å²) in [5.74, 6) is 2.19. The van der Waals surface area contributed by atoms with E-state index in [-0.39, 0.29) is 0 Å². The molecule has 2 aromatic rings. The van der Waals surface area contributed by atoms with Gasteiger partial charge in [0.25, 0.3) is 0 Å². The number of nitrogens with one attached hydrogen (secondary N) is 1. The Morgan fingerprint density at radius 3 is 2.94 bits per heavy atom. The minimum atomic E-state index is 0.450. The second kappa shape index (κ2) is 3.82. The second-order valence-corrected chi connectivity index (χ2v) is 5.26. The van der Waals surface area contributed by atoms with Crippen LogP contribution >= 0.6 is 15.9 Å². The Bertz CT molecular complexity index is 518. The average molecular weight is 281 g/mol. The predicted molar refractivity (Wildman–Crippen MR) is 65.5 cm³/mol. The molecule has 1 aliphatic heterocycles. The van der Waals surface area contributed by atoms with Gasteiger partial charge in [0.05, 0.1) is 0 Å². The van der Waals surface area contributed by atoms with E-state index in [1.54, 1.807) is 0 Å². The maximum absolute atomic E-state index is 4.30. The molecule has 5 heteroatoms. The molecule has 0 amide bonds. The number of rotatable bonds is 2. The quantitative estimate of drug-likeness (QED) is 0.913. The van der Waals surface area contributed by atoms with Crippen molar-refractivity contribution in [1.82, 2.24) is 19.9 Å². The second-order valence-electron chi connectivity index (χ2n) is 4.34. The average Bonchev–Trinajstić information content (AvgIpc) is 2.57. The van der Waals surface area contributed by atoms with Crippen molar-refractivity contribution in [2.75, 3.05) is 13.1 Å². The van der Waals surface area contributed by atoms with E-state index in [0.717, 1.165) is 29.0 Å². The smallest absolute Gasteiger partial charge is 0.160 e. The van der Waals surface area contributed by atoms with Crippen LogP contribution in [0, 0.1) is 5.92 Å². The van der Waals surface area contributed by atoms with Crippen molar-refractivity contribution >= 4 is 21.6 Å². The van der Waals surface area contributed by atoms with Crippen molar-refractivity contribution in [3.8, 4) is 0 Å². The van der Waals surface area contributed by atoms with Crippen LogP contribution in [0.25, 0.3) is 5.65 Å². The number of nitrogens with zero attached hydrogens (tertiary/aromatic N) is 3. The van der Waals surface area contributed by atoms with Crippen LogP contribution in [0.2, 0.25) is 0 Å². The van der Waals surface area contributed by atoms with Crippen molar-refractivity contribution in [1.29, 1.82) is 0 Å². The number of fused-ring (bicyclic) bond motifs is 1. The van der Waals surface area contributed by atoms with Gasteiger partial charge in [-0.15, -0.1) is 10.2 Å². The van der Waals surface area contributed by atoms with Gasteiger partial charge >= 0.3 is 0 Å². The summed E-state index contributed by atoms with van der Waals surface area (Å²) in [6.45, 7) is 4.40. The summed E-state index contributed by atoms with van der Waals surface area (Å²) >= 11 is 3.48. The third kappa shape index (κ3) is 1.55. The minimum absolute atomic E-state index is 0.450. The van der Waals surface area contributed by atoms with Crippen LogP contribution in [0.5, 0.6) is 0 Å². The lowest BCUT2D eigenvalue weighted by atomic mass is 9.88. The van der Waals surface area contributed by atoms with E-state index < -0.39 is 0 Å². The van der Waals surface area contributed by atoms with Crippen molar-refractivity contribution in [2.24, 2.45) is 5.92 Å². The van der Waals surface area contributed by atoms with Crippen LogP contribution in [-0.2, 0) is 0 Å². The summed E-state index contributed by atoms with van der Waals surface area (Å²) < 4.78 is 3.13. The van der Waals surface area contributed by atoms with Crippen LogP contribution in [0.4, 0.5) is 0 Å². The SMILES string of the molecule is CC(c1nnc2ccc(Br)cn12)C1CNC1. The zero-order valence-electron chi connectivity index (χ0n) is 9.02. The molecule has 0 aliphatic carbocycles. The molecule has 1 saturated heterocycles. The fourth-order valence-corrected chi connectivity index (χ4v) is 2.41. The number of hydrogen-bond acceptors (Lipinski definition) is 3. The molecule has 84 valence electrons. The lowest BCUT2D eigenvalue weighted by molar-refractivity contribution is 0.295. The molecular formula is C11H13BrN4. The Kier molecular flexibility index (Phi) is 2.44. The summed E-state index contributed by atoms with van der Waals surface area (Å²) in [5, 5.41) is 11.8. The van der Waals surface area contributed by atoms with Gasteiger partial charge in [0.1, 0.15) is 5.82 Å². The minimum Gasteiger partial charge on any atom is -0.316 e. The Hall–Kier alpha value is -0.940. The van der Waals surface area contributed by atoms with Gasteiger partial charge in [-0.2, -0.15) is 0 Å². The molecular weight excluding hydrogens is 268 g/mol. The third-order valence-electron chi connectivity index (χ3n) is 3.32. The molecule has 0 saturated carbocycles. The standard InChI is InChI=1S/C11H13BrN4/c1-7(8-4-13-5-8)11-15-14-10-3-2-9(12)6-16(10)11/h2-3,6-8,13H,4-5H2,1H3. The van der Waals surface area contributed by atoms with Gasteiger partial charge in [-0.25, -0.2) is 0 Å². The Morgan fingerprint density at radius 1 is 1.44 bits per heavy atom. The van der Waals surface area contributed by atoms with Crippen LogP contribution in [0.1, 0.15) is 18.7 Å². The number of pyridine rings is 1. The molecule has 2 aromatic heterocycles. The highest BCUT2D eigenvalue weighted by Crippen LogP contribution is 2.26. The molecule has 0 aromatic carbocycles. The summed E-state index contributed by atoms with van der Waals surface area (Å²) in [6, 6.07) is 3.97. The predicted octanol–water partition coefficient (Wildman–Crippen LogP) is 1.81. The van der Waals surface area contributed by atoms with Crippen molar-refractivity contribution in [3.05, 3.63) is 28.6 Å². The zero-order chi connectivity index (χ0) is 11.1.